The van der Waals surface area contributed by atoms with Crippen LogP contribution in [-0.4, -0.2) is 34.6 Å². The average Bonchev–Trinajstić information content (AvgIpc) is 2.67. The third kappa shape index (κ3) is 3.95. The fraction of sp³-hybridized carbons (Fsp3) is 0.286. The second kappa shape index (κ2) is 7.40. The highest BCUT2D eigenvalue weighted by atomic mass is 19.1. The quantitative estimate of drug-likeness (QED) is 0.706. The zero-order chi connectivity index (χ0) is 18.8. The first-order valence-corrected chi connectivity index (χ1v) is 9.00. The van der Waals surface area contributed by atoms with Crippen LogP contribution < -0.4 is 4.90 Å². The van der Waals surface area contributed by atoms with Crippen molar-refractivity contribution in [3.63, 3.8) is 0 Å². The van der Waals surface area contributed by atoms with Crippen LogP contribution in [0.2, 0.25) is 0 Å². The Labute approximate surface area is 157 Å². The van der Waals surface area contributed by atoms with E-state index >= 15 is 0 Å². The number of anilines is 1. The monoisotopic (exact) mass is 364 g/mol. The molecule has 2 aromatic heterocycles. The van der Waals surface area contributed by atoms with Crippen molar-refractivity contribution in [2.24, 2.45) is 0 Å². The summed E-state index contributed by atoms with van der Waals surface area (Å²) in [7, 11) is 0. The van der Waals surface area contributed by atoms with E-state index in [0.29, 0.717) is 13.2 Å². The Bertz CT molecular complexity index is 942. The first kappa shape index (κ1) is 17.5. The molecule has 27 heavy (non-hydrogen) atoms. The van der Waals surface area contributed by atoms with Gasteiger partial charge in [-0.15, -0.1) is 0 Å². The maximum absolute atomic E-state index is 13.5. The maximum Gasteiger partial charge on any atom is 0.225 e. The molecule has 0 saturated carbocycles. The average molecular weight is 364 g/mol. The van der Waals surface area contributed by atoms with E-state index in [1.54, 1.807) is 6.07 Å². The van der Waals surface area contributed by atoms with E-state index in [0.717, 1.165) is 40.8 Å². The van der Waals surface area contributed by atoms with Crippen LogP contribution in [-0.2, 0) is 4.74 Å². The minimum atomic E-state index is -0.272. The second-order valence-electron chi connectivity index (χ2n) is 6.71. The van der Waals surface area contributed by atoms with Crippen molar-refractivity contribution >= 4 is 5.95 Å². The molecule has 1 atom stereocenters. The highest BCUT2D eigenvalue weighted by molar-refractivity contribution is 5.59. The number of ether oxygens (including phenoxy) is 1. The van der Waals surface area contributed by atoms with Gasteiger partial charge in [0.15, 0.2) is 0 Å². The minimum Gasteiger partial charge on any atom is -0.368 e. The predicted molar refractivity (Wildman–Crippen MR) is 102 cm³/mol. The topological polar surface area (TPSA) is 51.1 Å². The summed E-state index contributed by atoms with van der Waals surface area (Å²) < 4.78 is 19.5. The van der Waals surface area contributed by atoms with Crippen molar-refractivity contribution in [2.45, 2.75) is 20.0 Å². The lowest BCUT2D eigenvalue weighted by molar-refractivity contribution is 0.0365. The minimum absolute atomic E-state index is 0.184. The number of hydrogen-bond acceptors (Lipinski definition) is 5. The third-order valence-corrected chi connectivity index (χ3v) is 4.54. The van der Waals surface area contributed by atoms with E-state index in [-0.39, 0.29) is 11.9 Å². The lowest BCUT2D eigenvalue weighted by atomic mass is 10.1. The molecule has 0 radical (unpaired) electrons. The smallest absolute Gasteiger partial charge is 0.225 e. The summed E-state index contributed by atoms with van der Waals surface area (Å²) in [6.07, 6.45) is -0.184. The van der Waals surface area contributed by atoms with Crippen LogP contribution >= 0.6 is 0 Å². The number of morpholine rings is 1. The molecule has 1 saturated heterocycles. The number of hydrogen-bond donors (Lipinski definition) is 0. The molecule has 3 heterocycles. The summed E-state index contributed by atoms with van der Waals surface area (Å²) in [6.45, 7) is 5.89. The number of pyridine rings is 1. The summed E-state index contributed by atoms with van der Waals surface area (Å²) in [4.78, 5) is 16.0. The molecule has 0 spiro atoms. The molecule has 1 aliphatic rings. The second-order valence-corrected chi connectivity index (χ2v) is 6.71. The van der Waals surface area contributed by atoms with Crippen molar-refractivity contribution in [3.05, 3.63) is 71.4 Å². The number of aryl methyl sites for hydroxylation is 2. The summed E-state index contributed by atoms with van der Waals surface area (Å²) in [6, 6.07) is 14.2. The van der Waals surface area contributed by atoms with E-state index < -0.39 is 0 Å². The van der Waals surface area contributed by atoms with Crippen LogP contribution in [0.1, 0.15) is 23.2 Å². The number of aromatic nitrogens is 3. The van der Waals surface area contributed by atoms with Gasteiger partial charge in [-0.25, -0.2) is 19.3 Å². The largest absolute Gasteiger partial charge is 0.368 e. The van der Waals surface area contributed by atoms with Gasteiger partial charge < -0.3 is 9.64 Å². The van der Waals surface area contributed by atoms with Crippen molar-refractivity contribution in [3.8, 4) is 11.3 Å². The molecule has 138 valence electrons. The van der Waals surface area contributed by atoms with Gasteiger partial charge in [-0.1, -0.05) is 18.2 Å². The van der Waals surface area contributed by atoms with Gasteiger partial charge in [0, 0.05) is 23.5 Å². The maximum atomic E-state index is 13.5. The molecule has 4 rings (SSSR count). The van der Waals surface area contributed by atoms with Gasteiger partial charge in [0.2, 0.25) is 5.95 Å². The zero-order valence-electron chi connectivity index (χ0n) is 15.4. The van der Waals surface area contributed by atoms with Gasteiger partial charge in [0.05, 0.1) is 24.5 Å². The van der Waals surface area contributed by atoms with E-state index in [1.165, 1.54) is 12.1 Å². The van der Waals surface area contributed by atoms with Crippen LogP contribution in [0, 0.1) is 19.7 Å². The molecule has 1 aliphatic heterocycles. The van der Waals surface area contributed by atoms with Crippen LogP contribution in [0.25, 0.3) is 11.3 Å². The Morgan fingerprint density at radius 1 is 1.00 bits per heavy atom. The van der Waals surface area contributed by atoms with Gasteiger partial charge in [0.25, 0.3) is 0 Å². The lowest BCUT2D eigenvalue weighted by Gasteiger charge is -2.33. The normalized spacial score (nSPS) is 17.1. The Morgan fingerprint density at radius 2 is 1.78 bits per heavy atom. The summed E-state index contributed by atoms with van der Waals surface area (Å²) in [5.74, 6) is 0.453. The fourth-order valence-corrected chi connectivity index (χ4v) is 3.30. The number of rotatable bonds is 3. The molecular formula is C21H21FN4O. The molecular weight excluding hydrogens is 343 g/mol. The molecule has 0 amide bonds. The lowest BCUT2D eigenvalue weighted by Crippen LogP contribution is -2.39. The van der Waals surface area contributed by atoms with Gasteiger partial charge in [-0.05, 0) is 44.2 Å². The Hall–Kier alpha value is -2.86. The molecule has 0 aliphatic carbocycles. The third-order valence-electron chi connectivity index (χ3n) is 4.54. The molecule has 1 unspecified atom stereocenters. The first-order chi connectivity index (χ1) is 13.1. The van der Waals surface area contributed by atoms with Gasteiger partial charge >= 0.3 is 0 Å². The van der Waals surface area contributed by atoms with Crippen LogP contribution in [0.3, 0.4) is 0 Å². The molecule has 0 N–H and O–H groups in total. The van der Waals surface area contributed by atoms with Gasteiger partial charge in [-0.3, -0.25) is 0 Å². The van der Waals surface area contributed by atoms with E-state index in [2.05, 4.69) is 14.9 Å². The number of benzene rings is 1. The Morgan fingerprint density at radius 3 is 2.56 bits per heavy atom. The van der Waals surface area contributed by atoms with Crippen LogP contribution in [0.15, 0.2) is 48.5 Å². The standard InChI is InChI=1S/C21H21FN4O/c1-14-11-15(2)24-21(23-14)26-9-10-27-20(13-26)19-8-4-7-18(25-19)16-5-3-6-17(22)12-16/h3-8,11-12,20H,9-10,13H2,1-2H3. The SMILES string of the molecule is Cc1cc(C)nc(N2CCOC(c3cccc(-c4cccc(F)c4)n3)C2)n1. The van der Waals surface area contributed by atoms with E-state index in [9.17, 15) is 4.39 Å². The summed E-state index contributed by atoms with van der Waals surface area (Å²) >= 11 is 0. The number of nitrogens with zero attached hydrogens (tertiary/aromatic N) is 4. The highest BCUT2D eigenvalue weighted by Crippen LogP contribution is 2.26. The molecule has 1 fully saturated rings. The molecule has 1 aromatic carbocycles. The zero-order valence-corrected chi connectivity index (χ0v) is 15.4. The number of halogens is 1. The Kier molecular flexibility index (Phi) is 4.81. The van der Waals surface area contributed by atoms with Crippen LogP contribution in [0.4, 0.5) is 10.3 Å². The Balaban J connectivity index is 1.59. The molecule has 6 heteroatoms. The van der Waals surface area contributed by atoms with E-state index in [4.69, 9.17) is 9.72 Å². The fourth-order valence-electron chi connectivity index (χ4n) is 3.30. The van der Waals surface area contributed by atoms with E-state index in [1.807, 2.05) is 44.2 Å². The van der Waals surface area contributed by atoms with Crippen molar-refractivity contribution in [1.29, 1.82) is 0 Å². The van der Waals surface area contributed by atoms with Crippen molar-refractivity contribution in [2.75, 3.05) is 24.6 Å². The van der Waals surface area contributed by atoms with Crippen molar-refractivity contribution < 1.29 is 9.13 Å². The summed E-state index contributed by atoms with van der Waals surface area (Å²) in [5, 5.41) is 0. The predicted octanol–water partition coefficient (Wildman–Crippen LogP) is 3.87. The first-order valence-electron chi connectivity index (χ1n) is 9.00. The molecule has 3 aromatic rings. The van der Waals surface area contributed by atoms with Crippen LogP contribution in [0.5, 0.6) is 0 Å². The highest BCUT2D eigenvalue weighted by Gasteiger charge is 2.25. The molecule has 5 nitrogen and oxygen atoms in total. The van der Waals surface area contributed by atoms with Crippen molar-refractivity contribution in [1.82, 2.24) is 15.0 Å². The summed E-state index contributed by atoms with van der Waals surface area (Å²) in [5.41, 5.74) is 4.21. The molecule has 0 bridgehead atoms. The van der Waals surface area contributed by atoms with Gasteiger partial charge in [0.1, 0.15) is 11.9 Å². The van der Waals surface area contributed by atoms with Gasteiger partial charge in [-0.2, -0.15) is 0 Å².